The smallest absolute Gasteiger partial charge is 0.131 e. The zero-order valence-corrected chi connectivity index (χ0v) is 7.22. The fourth-order valence-corrected chi connectivity index (χ4v) is 1.05. The van der Waals surface area contributed by atoms with E-state index in [1.807, 2.05) is 0 Å². The maximum atomic E-state index is 13.0. The molecule has 0 aromatic heterocycles. The second-order valence-corrected chi connectivity index (χ2v) is 2.69. The Morgan fingerprint density at radius 3 is 2.77 bits per heavy atom. The molecule has 68 valence electrons. The zero-order chi connectivity index (χ0) is 9.84. The van der Waals surface area contributed by atoms with Crippen LogP contribution in [-0.2, 0) is 4.79 Å². The average molecular weight is 200 g/mol. The highest BCUT2D eigenvalue weighted by Gasteiger charge is 2.01. The van der Waals surface area contributed by atoms with Gasteiger partial charge in [-0.3, -0.25) is 0 Å². The van der Waals surface area contributed by atoms with Crippen molar-refractivity contribution in [2.45, 2.75) is 0 Å². The Morgan fingerprint density at radius 2 is 2.23 bits per heavy atom. The van der Waals surface area contributed by atoms with Gasteiger partial charge in [-0.05, 0) is 24.3 Å². The van der Waals surface area contributed by atoms with Gasteiger partial charge in [-0.25, -0.2) is 4.39 Å². The first-order valence-corrected chi connectivity index (χ1v) is 3.82. The van der Waals surface area contributed by atoms with Crippen molar-refractivity contribution in [1.29, 1.82) is 0 Å². The molecular formula is C9H5ClFO2-. The minimum absolute atomic E-state index is 0.0494. The molecule has 0 heterocycles. The Kier molecular flexibility index (Phi) is 3.03. The Bertz CT molecular complexity index is 340. The number of aliphatic carboxylic acids is 1. The molecule has 0 radical (unpaired) electrons. The molecule has 4 heteroatoms. The quantitative estimate of drug-likeness (QED) is 0.673. The van der Waals surface area contributed by atoms with Gasteiger partial charge in [-0.2, -0.15) is 0 Å². The number of hydrogen-bond donors (Lipinski definition) is 0. The lowest BCUT2D eigenvalue weighted by atomic mass is 10.2. The van der Waals surface area contributed by atoms with Gasteiger partial charge >= 0.3 is 0 Å². The van der Waals surface area contributed by atoms with E-state index in [1.54, 1.807) is 0 Å². The number of carboxylic acids is 1. The summed E-state index contributed by atoms with van der Waals surface area (Å²) in [4.78, 5) is 10.0. The summed E-state index contributed by atoms with van der Waals surface area (Å²) < 4.78 is 13.0. The van der Waals surface area contributed by atoms with Crippen molar-refractivity contribution in [3.8, 4) is 0 Å². The molecule has 0 saturated carbocycles. The van der Waals surface area contributed by atoms with Gasteiger partial charge < -0.3 is 9.90 Å². The molecule has 0 aliphatic heterocycles. The van der Waals surface area contributed by atoms with Crippen molar-refractivity contribution in [2.24, 2.45) is 0 Å². The van der Waals surface area contributed by atoms with Crippen LogP contribution in [-0.4, -0.2) is 5.97 Å². The van der Waals surface area contributed by atoms with Crippen molar-refractivity contribution in [3.05, 3.63) is 40.7 Å². The van der Waals surface area contributed by atoms with E-state index in [9.17, 15) is 14.3 Å². The molecule has 0 amide bonds. The molecule has 0 N–H and O–H groups in total. The van der Waals surface area contributed by atoms with Crippen molar-refractivity contribution < 1.29 is 14.3 Å². The van der Waals surface area contributed by atoms with Gasteiger partial charge in [0.25, 0.3) is 0 Å². The van der Waals surface area contributed by atoms with E-state index in [1.165, 1.54) is 18.2 Å². The largest absolute Gasteiger partial charge is 0.545 e. The molecular weight excluding hydrogens is 195 g/mol. The molecule has 0 aliphatic carbocycles. The van der Waals surface area contributed by atoms with Crippen LogP contribution in [0.1, 0.15) is 5.56 Å². The molecule has 1 aromatic rings. The summed E-state index contributed by atoms with van der Waals surface area (Å²) in [7, 11) is 0. The maximum Gasteiger partial charge on any atom is 0.131 e. The molecule has 0 fully saturated rings. The fraction of sp³-hybridized carbons (Fsp3) is 0. The second kappa shape index (κ2) is 4.05. The molecule has 13 heavy (non-hydrogen) atoms. The molecule has 2 nitrogen and oxygen atoms in total. The molecule has 0 bridgehead atoms. The van der Waals surface area contributed by atoms with Crippen molar-refractivity contribution in [1.82, 2.24) is 0 Å². The Balaban J connectivity index is 3.06. The number of halogens is 2. The van der Waals surface area contributed by atoms with Gasteiger partial charge in [0.1, 0.15) is 5.82 Å². The van der Waals surface area contributed by atoms with E-state index >= 15 is 0 Å². The number of rotatable bonds is 2. The normalized spacial score (nSPS) is 10.6. The molecule has 1 rings (SSSR count). The van der Waals surface area contributed by atoms with Gasteiger partial charge in [0.05, 0.1) is 11.0 Å². The summed E-state index contributed by atoms with van der Waals surface area (Å²) in [5.41, 5.74) is 0.0494. The van der Waals surface area contributed by atoms with E-state index in [2.05, 4.69) is 0 Å². The van der Waals surface area contributed by atoms with Gasteiger partial charge in [-0.15, -0.1) is 0 Å². The highest BCUT2D eigenvalue weighted by atomic mass is 35.5. The molecule has 1 aromatic carbocycles. The maximum absolute atomic E-state index is 13.0. The standard InChI is InChI=1S/C9H6ClFO2/c10-7-2-1-3-8(11)6(7)4-5-9(12)13/h1-5H,(H,12,13)/p-1/b5-4+. The lowest BCUT2D eigenvalue weighted by Gasteiger charge is -1.99. The first kappa shape index (κ1) is 9.74. The SMILES string of the molecule is O=C([O-])/C=C/c1c(F)cccc1Cl. The number of carboxylic acid groups (broad SMARTS) is 1. The topological polar surface area (TPSA) is 40.1 Å². The lowest BCUT2D eigenvalue weighted by molar-refractivity contribution is -0.297. The summed E-state index contributed by atoms with van der Waals surface area (Å²) in [6.07, 6.45) is 1.79. The monoisotopic (exact) mass is 199 g/mol. The number of benzene rings is 1. The summed E-state index contributed by atoms with van der Waals surface area (Å²) in [5, 5.41) is 10.2. The molecule has 0 unspecified atom stereocenters. The van der Waals surface area contributed by atoms with E-state index < -0.39 is 11.8 Å². The average Bonchev–Trinajstić information content (AvgIpc) is 2.03. The Labute approximate surface area is 79.3 Å². The van der Waals surface area contributed by atoms with Crippen LogP contribution in [0.3, 0.4) is 0 Å². The first-order valence-electron chi connectivity index (χ1n) is 3.44. The van der Waals surface area contributed by atoms with Crippen LogP contribution < -0.4 is 5.11 Å². The summed E-state index contributed by atoms with van der Waals surface area (Å²) >= 11 is 5.61. The number of hydrogen-bond acceptors (Lipinski definition) is 2. The van der Waals surface area contributed by atoms with Crippen LogP contribution >= 0.6 is 11.6 Å². The fourth-order valence-electron chi connectivity index (χ4n) is 0.821. The predicted molar refractivity (Wildman–Crippen MR) is 45.5 cm³/mol. The number of carbonyl (C=O) groups is 1. The van der Waals surface area contributed by atoms with Crippen molar-refractivity contribution in [3.63, 3.8) is 0 Å². The van der Waals surface area contributed by atoms with E-state index in [-0.39, 0.29) is 10.6 Å². The molecule has 0 saturated heterocycles. The van der Waals surface area contributed by atoms with Crippen molar-refractivity contribution in [2.75, 3.05) is 0 Å². The van der Waals surface area contributed by atoms with Crippen molar-refractivity contribution >= 4 is 23.6 Å². The van der Waals surface area contributed by atoms with Gasteiger partial charge in [0, 0.05) is 5.56 Å². The third-order valence-corrected chi connectivity index (χ3v) is 1.72. The summed E-state index contributed by atoms with van der Waals surface area (Å²) in [6, 6.07) is 4.11. The highest BCUT2D eigenvalue weighted by Crippen LogP contribution is 2.19. The second-order valence-electron chi connectivity index (χ2n) is 2.29. The molecule has 0 atom stereocenters. The lowest BCUT2D eigenvalue weighted by Crippen LogP contribution is -2.18. The van der Waals surface area contributed by atoms with E-state index in [0.717, 1.165) is 12.2 Å². The summed E-state index contributed by atoms with van der Waals surface area (Å²) in [5.74, 6) is -1.95. The zero-order valence-electron chi connectivity index (χ0n) is 6.46. The van der Waals surface area contributed by atoms with Crippen LogP contribution in [0.5, 0.6) is 0 Å². The third kappa shape index (κ3) is 2.56. The van der Waals surface area contributed by atoms with Gasteiger partial charge in [-0.1, -0.05) is 17.7 Å². The Morgan fingerprint density at radius 1 is 1.54 bits per heavy atom. The van der Waals surface area contributed by atoms with Crippen LogP contribution in [0, 0.1) is 5.82 Å². The van der Waals surface area contributed by atoms with Crippen LogP contribution in [0.25, 0.3) is 6.08 Å². The number of carbonyl (C=O) groups excluding carboxylic acids is 1. The van der Waals surface area contributed by atoms with E-state index in [4.69, 9.17) is 11.6 Å². The predicted octanol–water partition coefficient (Wildman–Crippen LogP) is 1.24. The van der Waals surface area contributed by atoms with Crippen LogP contribution in [0.15, 0.2) is 24.3 Å². The van der Waals surface area contributed by atoms with Gasteiger partial charge in [0.2, 0.25) is 0 Å². The van der Waals surface area contributed by atoms with Crippen LogP contribution in [0.4, 0.5) is 4.39 Å². The minimum atomic E-state index is -1.39. The summed E-state index contributed by atoms with van der Waals surface area (Å²) in [6.45, 7) is 0. The molecule has 0 aliphatic rings. The molecule has 0 spiro atoms. The van der Waals surface area contributed by atoms with Gasteiger partial charge in [0.15, 0.2) is 0 Å². The first-order chi connectivity index (χ1) is 6.11. The minimum Gasteiger partial charge on any atom is -0.545 e. The van der Waals surface area contributed by atoms with E-state index in [0.29, 0.717) is 0 Å². The Hall–Kier alpha value is -1.35. The third-order valence-electron chi connectivity index (χ3n) is 1.39. The highest BCUT2D eigenvalue weighted by molar-refractivity contribution is 6.32. The van der Waals surface area contributed by atoms with Crippen LogP contribution in [0.2, 0.25) is 5.02 Å².